The van der Waals surface area contributed by atoms with Crippen LogP contribution in [-0.4, -0.2) is 51.5 Å². The first-order valence-corrected chi connectivity index (χ1v) is 7.63. The Morgan fingerprint density at radius 1 is 1.39 bits per heavy atom. The Morgan fingerprint density at radius 3 is 3.00 bits per heavy atom. The minimum Gasteiger partial charge on any atom is -0.454 e. The third-order valence-electron chi connectivity index (χ3n) is 4.09. The third-order valence-corrected chi connectivity index (χ3v) is 4.09. The largest absolute Gasteiger partial charge is 0.454 e. The van der Waals surface area contributed by atoms with E-state index in [0.717, 1.165) is 55.7 Å². The number of rotatable bonds is 4. The van der Waals surface area contributed by atoms with Gasteiger partial charge in [0.1, 0.15) is 0 Å². The second-order valence-corrected chi connectivity index (χ2v) is 5.64. The van der Waals surface area contributed by atoms with Crippen molar-refractivity contribution in [1.82, 2.24) is 10.2 Å². The van der Waals surface area contributed by atoms with Gasteiger partial charge >= 0.3 is 0 Å². The molecule has 1 unspecified atom stereocenters. The number of nitrogens with one attached hydrogen (secondary N) is 1. The smallest absolute Gasteiger partial charge is 0.231 e. The Labute approximate surface area is 154 Å². The number of ether oxygens (including phenoxy) is 3. The predicted molar refractivity (Wildman–Crippen MR) is 99.7 cm³/mol. The first-order valence-electron chi connectivity index (χ1n) is 7.63. The molecule has 0 aliphatic carbocycles. The van der Waals surface area contributed by atoms with Gasteiger partial charge in [0.15, 0.2) is 17.5 Å². The highest BCUT2D eigenvalue weighted by Gasteiger charge is 2.24. The molecule has 1 fully saturated rings. The topological polar surface area (TPSA) is 55.3 Å². The lowest BCUT2D eigenvalue weighted by Crippen LogP contribution is -2.39. The van der Waals surface area contributed by atoms with E-state index in [4.69, 9.17) is 14.2 Å². The number of nitrogens with zero attached hydrogens (tertiary/aromatic N) is 2. The normalized spacial score (nSPS) is 19.7. The monoisotopic (exact) mass is 433 g/mol. The van der Waals surface area contributed by atoms with Crippen molar-refractivity contribution in [3.05, 3.63) is 23.8 Å². The molecule has 2 aliphatic heterocycles. The molecule has 1 aromatic rings. The van der Waals surface area contributed by atoms with E-state index in [9.17, 15) is 0 Å². The predicted octanol–water partition coefficient (Wildman–Crippen LogP) is 2.08. The van der Waals surface area contributed by atoms with Crippen LogP contribution in [0.2, 0.25) is 0 Å². The fraction of sp³-hybridized carbons (Fsp3) is 0.562. The molecule has 0 saturated carbocycles. The van der Waals surface area contributed by atoms with E-state index in [2.05, 4.69) is 15.2 Å². The number of benzene rings is 1. The molecule has 2 aliphatic rings. The van der Waals surface area contributed by atoms with E-state index in [1.54, 1.807) is 7.11 Å². The number of methoxy groups -OCH3 is 1. The third kappa shape index (κ3) is 4.41. The van der Waals surface area contributed by atoms with Crippen LogP contribution in [0.25, 0.3) is 0 Å². The van der Waals surface area contributed by atoms with Crippen LogP contribution in [0.3, 0.4) is 0 Å². The number of aliphatic imine (C=N–C) groups is 1. The minimum atomic E-state index is 0. The van der Waals surface area contributed by atoms with Crippen molar-refractivity contribution in [3.8, 4) is 11.5 Å². The molecule has 6 nitrogen and oxygen atoms in total. The molecule has 0 amide bonds. The summed E-state index contributed by atoms with van der Waals surface area (Å²) in [5, 5.41) is 3.42. The van der Waals surface area contributed by atoms with Gasteiger partial charge in [0.05, 0.1) is 6.61 Å². The lowest BCUT2D eigenvalue weighted by atomic mass is 10.1. The summed E-state index contributed by atoms with van der Waals surface area (Å²) in [6.07, 6.45) is 1.15. The number of halogens is 1. The average molecular weight is 433 g/mol. The summed E-state index contributed by atoms with van der Waals surface area (Å²) in [7, 11) is 3.58. The molecule has 1 aromatic carbocycles. The van der Waals surface area contributed by atoms with E-state index in [1.807, 2.05) is 25.2 Å². The number of fused-ring (bicyclic) bond motifs is 1. The summed E-state index contributed by atoms with van der Waals surface area (Å²) in [6, 6.07) is 6.01. The molecule has 128 valence electrons. The molecule has 0 bridgehead atoms. The Balaban J connectivity index is 0.00000192. The zero-order valence-electron chi connectivity index (χ0n) is 13.6. The van der Waals surface area contributed by atoms with Gasteiger partial charge in [-0.2, -0.15) is 0 Å². The molecule has 1 atom stereocenters. The maximum Gasteiger partial charge on any atom is 0.231 e. The summed E-state index contributed by atoms with van der Waals surface area (Å²) >= 11 is 0. The van der Waals surface area contributed by atoms with Crippen molar-refractivity contribution in [2.45, 2.75) is 13.0 Å². The maximum absolute atomic E-state index is 5.41. The van der Waals surface area contributed by atoms with E-state index in [-0.39, 0.29) is 24.0 Å². The SMILES string of the molecule is CN=C(NCc1ccc2c(c1)OCO2)N1CCC(COC)C1.I. The van der Waals surface area contributed by atoms with Crippen LogP contribution in [0.1, 0.15) is 12.0 Å². The van der Waals surface area contributed by atoms with Crippen LogP contribution < -0.4 is 14.8 Å². The first kappa shape index (κ1) is 18.1. The van der Waals surface area contributed by atoms with Crippen LogP contribution in [0.5, 0.6) is 11.5 Å². The fourth-order valence-corrected chi connectivity index (χ4v) is 2.96. The van der Waals surface area contributed by atoms with Crippen molar-refractivity contribution in [2.75, 3.05) is 40.6 Å². The second kappa shape index (κ2) is 8.58. The number of hydrogen-bond donors (Lipinski definition) is 1. The van der Waals surface area contributed by atoms with Gasteiger partial charge in [-0.3, -0.25) is 4.99 Å². The summed E-state index contributed by atoms with van der Waals surface area (Å²) < 4.78 is 16.0. The second-order valence-electron chi connectivity index (χ2n) is 5.64. The average Bonchev–Trinajstić information content (AvgIpc) is 3.17. The zero-order valence-corrected chi connectivity index (χ0v) is 15.9. The van der Waals surface area contributed by atoms with Gasteiger partial charge in [-0.25, -0.2) is 0 Å². The van der Waals surface area contributed by atoms with Crippen LogP contribution in [0.15, 0.2) is 23.2 Å². The lowest BCUT2D eigenvalue weighted by molar-refractivity contribution is 0.157. The van der Waals surface area contributed by atoms with E-state index in [1.165, 1.54) is 0 Å². The summed E-state index contributed by atoms with van der Waals surface area (Å²) in [5.41, 5.74) is 1.15. The Kier molecular flexibility index (Phi) is 6.76. The van der Waals surface area contributed by atoms with E-state index < -0.39 is 0 Å². The number of hydrogen-bond acceptors (Lipinski definition) is 4. The van der Waals surface area contributed by atoms with E-state index in [0.29, 0.717) is 12.7 Å². The Hall–Kier alpha value is -1.22. The van der Waals surface area contributed by atoms with Gasteiger partial charge in [0.2, 0.25) is 6.79 Å². The van der Waals surface area contributed by atoms with E-state index >= 15 is 0 Å². The number of guanidine groups is 1. The fourth-order valence-electron chi connectivity index (χ4n) is 2.96. The summed E-state index contributed by atoms with van der Waals surface area (Å²) in [4.78, 5) is 6.68. The molecule has 3 rings (SSSR count). The molecular weight excluding hydrogens is 409 g/mol. The maximum atomic E-state index is 5.41. The quantitative estimate of drug-likeness (QED) is 0.448. The van der Waals surface area contributed by atoms with Gasteiger partial charge in [-0.15, -0.1) is 24.0 Å². The van der Waals surface area contributed by atoms with Crippen molar-refractivity contribution >= 4 is 29.9 Å². The summed E-state index contributed by atoms with van der Waals surface area (Å²) in [5.74, 6) is 3.16. The van der Waals surface area contributed by atoms with Gasteiger partial charge in [0.25, 0.3) is 0 Å². The van der Waals surface area contributed by atoms with Crippen LogP contribution in [0.4, 0.5) is 0 Å². The highest BCUT2D eigenvalue weighted by molar-refractivity contribution is 14.0. The molecule has 2 heterocycles. The molecule has 23 heavy (non-hydrogen) atoms. The molecule has 7 heteroatoms. The van der Waals surface area contributed by atoms with Crippen molar-refractivity contribution in [3.63, 3.8) is 0 Å². The van der Waals surface area contributed by atoms with Crippen LogP contribution in [-0.2, 0) is 11.3 Å². The van der Waals surface area contributed by atoms with Crippen molar-refractivity contribution in [2.24, 2.45) is 10.9 Å². The Morgan fingerprint density at radius 2 is 2.22 bits per heavy atom. The minimum absolute atomic E-state index is 0. The van der Waals surface area contributed by atoms with Crippen LogP contribution >= 0.6 is 24.0 Å². The highest BCUT2D eigenvalue weighted by atomic mass is 127. The molecule has 0 radical (unpaired) electrons. The summed E-state index contributed by atoms with van der Waals surface area (Å²) in [6.45, 7) is 3.86. The van der Waals surface area contributed by atoms with Gasteiger partial charge in [-0.1, -0.05) is 6.07 Å². The standard InChI is InChI=1S/C16H23N3O3.HI/c1-17-16(19-6-5-13(9-19)10-20-2)18-8-12-3-4-14-15(7-12)22-11-21-14;/h3-4,7,13H,5-6,8-11H2,1-2H3,(H,17,18);1H. The Bertz CT molecular complexity index is 553. The van der Waals surface area contributed by atoms with Crippen molar-refractivity contribution < 1.29 is 14.2 Å². The number of likely N-dealkylation sites (tertiary alicyclic amines) is 1. The van der Waals surface area contributed by atoms with Gasteiger partial charge < -0.3 is 24.4 Å². The molecule has 1 saturated heterocycles. The molecule has 0 aromatic heterocycles. The highest BCUT2D eigenvalue weighted by Crippen LogP contribution is 2.32. The molecule has 1 N–H and O–H groups in total. The van der Waals surface area contributed by atoms with Crippen molar-refractivity contribution in [1.29, 1.82) is 0 Å². The molecular formula is C16H24IN3O3. The van der Waals surface area contributed by atoms with Crippen LogP contribution in [0, 0.1) is 5.92 Å². The first-order chi connectivity index (χ1) is 10.8. The van der Waals surface area contributed by atoms with Gasteiger partial charge in [-0.05, 0) is 24.1 Å². The molecule has 0 spiro atoms. The zero-order chi connectivity index (χ0) is 15.4. The van der Waals surface area contributed by atoms with Gasteiger partial charge in [0, 0.05) is 39.7 Å². The lowest BCUT2D eigenvalue weighted by Gasteiger charge is -2.21.